The Hall–Kier alpha value is -6.82. The molecule has 0 radical (unpaired) electrons. The molecule has 3 heterocycles. The Morgan fingerprint density at radius 1 is 0.642 bits per heavy atom. The second-order valence-electron chi connectivity index (χ2n) is 20.0. The molecule has 0 saturated heterocycles. The highest BCUT2D eigenvalue weighted by Crippen LogP contribution is 2.57. The number of nitrogens with two attached hydrogens (primary N) is 2. The molecular formula is C55H60N4O8. The van der Waals surface area contributed by atoms with Gasteiger partial charge in [0, 0.05) is 51.8 Å². The van der Waals surface area contributed by atoms with Crippen LogP contribution in [0.15, 0.2) is 96.6 Å². The van der Waals surface area contributed by atoms with Crippen LogP contribution in [0.4, 0.5) is 11.4 Å². The fraction of sp³-hybridized carbons (Fsp3) is 0.382. The third-order valence-electron chi connectivity index (χ3n) is 14.4. The van der Waals surface area contributed by atoms with Gasteiger partial charge in [-0.25, -0.2) is 14.8 Å². The number of hydrogen-bond donors (Lipinski definition) is 4. The van der Waals surface area contributed by atoms with E-state index in [0.29, 0.717) is 51.9 Å². The first kappa shape index (κ1) is 46.7. The smallest absolute Gasteiger partial charge is 0.335 e. The van der Waals surface area contributed by atoms with E-state index in [-0.39, 0.29) is 34.2 Å². The number of benzene rings is 5. The Bertz CT molecular complexity index is 2990. The van der Waals surface area contributed by atoms with Crippen LogP contribution in [-0.2, 0) is 14.3 Å². The minimum atomic E-state index is -1.00. The summed E-state index contributed by atoms with van der Waals surface area (Å²) in [5, 5.41) is 18.2. The average molecular weight is 905 g/mol. The maximum atomic E-state index is 12.8. The summed E-state index contributed by atoms with van der Waals surface area (Å²) in [6, 6.07) is 28.3. The van der Waals surface area contributed by atoms with Crippen molar-refractivity contribution in [1.82, 2.24) is 9.97 Å². The zero-order valence-corrected chi connectivity index (χ0v) is 39.3. The van der Waals surface area contributed by atoms with Gasteiger partial charge in [0.2, 0.25) is 11.6 Å². The molecule has 2 fully saturated rings. The highest BCUT2D eigenvalue weighted by molar-refractivity contribution is 6.52. The summed E-state index contributed by atoms with van der Waals surface area (Å²) in [5.74, 6) is 1.88. The summed E-state index contributed by atoms with van der Waals surface area (Å²) < 4.78 is 13.1. The normalized spacial score (nSPS) is 23.9. The molecule has 11 rings (SSSR count). The topological polar surface area (TPSA) is 205 Å². The van der Waals surface area contributed by atoms with Crippen LogP contribution in [-0.4, -0.2) is 54.9 Å². The van der Waals surface area contributed by atoms with Gasteiger partial charge >= 0.3 is 5.97 Å². The quantitative estimate of drug-likeness (QED) is 0.0526. The first-order chi connectivity index (χ1) is 31.8. The Kier molecular flexibility index (Phi) is 12.6. The van der Waals surface area contributed by atoms with Crippen molar-refractivity contribution >= 4 is 73.5 Å². The standard InChI is InChI=1S/C26H26N2O.C20H22O3.C7H8N2O2.C2H4O2/c1-15-12-13-19-18(14-15)22-24-23(27-20-10-6-7-11-21(20)28-24)16-8-4-5-9-17(16)25(22)29-26(19,2)3;1-11-8-9-15-14(10-11)16-18(22)17(21)12-6-4-5-7-13(12)19(16)23-20(15,2)3;8-5-2-1-4(7(10)11)3-6(5)9;1-2(3)4/h4-11,15,18-19H,12-14H2,1-3H3;4-7,11,14-15H,8-10H2,1-3H3;1-3H,8-9H2,(H,10,11);1H3,(H,3,4)/t15-,18-,19-;11-,14-,15-;;/m00../s1. The van der Waals surface area contributed by atoms with Crippen molar-refractivity contribution in [1.29, 1.82) is 0 Å². The number of aromatic nitrogens is 2. The Balaban J connectivity index is 0.000000142. The van der Waals surface area contributed by atoms with E-state index in [9.17, 15) is 14.4 Å². The number of nitrogen functional groups attached to an aromatic ring is 2. The number of anilines is 2. The number of fused-ring (bicyclic) bond motifs is 13. The summed E-state index contributed by atoms with van der Waals surface area (Å²) in [6.45, 7) is 14.5. The van der Waals surface area contributed by atoms with E-state index in [1.54, 1.807) is 12.1 Å². The number of allylic oxidation sites excluding steroid dienone is 1. The van der Waals surface area contributed by atoms with Gasteiger partial charge < -0.3 is 31.2 Å². The first-order valence-electron chi connectivity index (χ1n) is 23.3. The molecule has 6 N–H and O–H groups in total. The number of ketones is 2. The van der Waals surface area contributed by atoms with Gasteiger partial charge in [0.25, 0.3) is 5.97 Å². The number of rotatable bonds is 1. The van der Waals surface area contributed by atoms with Gasteiger partial charge in [0.15, 0.2) is 0 Å². The monoisotopic (exact) mass is 904 g/mol. The number of hydrogen-bond acceptors (Lipinski definition) is 10. The fourth-order valence-corrected chi connectivity index (χ4v) is 11.2. The van der Waals surface area contributed by atoms with Gasteiger partial charge in [-0.2, -0.15) is 0 Å². The van der Waals surface area contributed by atoms with E-state index in [4.69, 9.17) is 45.9 Å². The van der Waals surface area contributed by atoms with Crippen LogP contribution in [0.2, 0.25) is 0 Å². The molecule has 6 aromatic rings. The number of carboxylic acids is 2. The predicted octanol–water partition coefficient (Wildman–Crippen LogP) is 11.3. The largest absolute Gasteiger partial charge is 0.487 e. The summed E-state index contributed by atoms with van der Waals surface area (Å²) in [7, 11) is 0. The lowest BCUT2D eigenvalue weighted by Crippen LogP contribution is -2.49. The summed E-state index contributed by atoms with van der Waals surface area (Å²) >= 11 is 0. The van der Waals surface area contributed by atoms with Crippen molar-refractivity contribution in [2.45, 2.75) is 104 Å². The van der Waals surface area contributed by atoms with E-state index in [2.05, 4.69) is 77.9 Å². The number of nitrogens with zero attached hydrogens (tertiary/aromatic N) is 2. The highest BCUT2D eigenvalue weighted by atomic mass is 16.5. The van der Waals surface area contributed by atoms with Crippen LogP contribution < -0.4 is 16.2 Å². The fourth-order valence-electron chi connectivity index (χ4n) is 11.2. The second kappa shape index (κ2) is 18.1. The van der Waals surface area contributed by atoms with Crippen molar-refractivity contribution < 1.29 is 38.9 Å². The number of carboxylic acid groups (broad SMARTS) is 2. The van der Waals surface area contributed by atoms with E-state index >= 15 is 0 Å². The molecule has 1 aromatic heterocycles. The molecule has 348 valence electrons. The van der Waals surface area contributed by atoms with Crippen molar-refractivity contribution in [3.63, 3.8) is 0 Å². The molecular weight excluding hydrogens is 845 g/mol. The lowest BCUT2D eigenvalue weighted by Gasteiger charge is -2.50. The molecule has 3 aliphatic carbocycles. The number of aliphatic carboxylic acids is 1. The number of Topliss-reactive ketones (excluding diaryl/α,β-unsaturated/α-hetero) is 2. The van der Waals surface area contributed by atoms with Gasteiger partial charge in [-0.3, -0.25) is 14.4 Å². The number of para-hydroxylation sites is 2. The third-order valence-corrected chi connectivity index (χ3v) is 14.4. The van der Waals surface area contributed by atoms with Crippen molar-refractivity contribution in [3.8, 4) is 5.75 Å². The molecule has 5 aromatic carbocycles. The molecule has 0 spiro atoms. The van der Waals surface area contributed by atoms with Crippen molar-refractivity contribution in [2.75, 3.05) is 11.5 Å². The van der Waals surface area contributed by atoms with E-state index in [1.807, 2.05) is 24.3 Å². The van der Waals surface area contributed by atoms with E-state index in [1.165, 1.54) is 48.4 Å². The SMILES string of the molecule is CC(=O)O.C[C@H]1CC[C@H]2[C@H](C1)C1=C(OC2(C)C)c2ccccc2C(=O)C1=O.C[C@H]1CC[C@H]2[C@H](C1)c1c(c3ccccc3c3nc4ccccc4nc13)OC2(C)C.Nc1ccc(C(=O)O)cc1N. The lowest BCUT2D eigenvalue weighted by molar-refractivity contribution is -0.134. The predicted molar refractivity (Wildman–Crippen MR) is 262 cm³/mol. The molecule has 0 amide bonds. The molecule has 2 saturated carbocycles. The highest BCUT2D eigenvalue weighted by Gasteiger charge is 2.52. The number of carbonyl (C=O) groups is 4. The van der Waals surface area contributed by atoms with E-state index in [0.717, 1.165) is 70.9 Å². The summed E-state index contributed by atoms with van der Waals surface area (Å²) in [5.41, 5.74) is 18.3. The summed E-state index contributed by atoms with van der Waals surface area (Å²) in [4.78, 5) is 55.0. The van der Waals surface area contributed by atoms with Gasteiger partial charge in [-0.05, 0) is 107 Å². The van der Waals surface area contributed by atoms with Gasteiger partial charge in [-0.1, -0.05) is 87.4 Å². The Morgan fingerprint density at radius 3 is 1.78 bits per heavy atom. The van der Waals surface area contributed by atoms with Crippen LogP contribution in [0, 0.1) is 29.6 Å². The van der Waals surface area contributed by atoms with Crippen LogP contribution in [0.3, 0.4) is 0 Å². The molecule has 67 heavy (non-hydrogen) atoms. The lowest BCUT2D eigenvalue weighted by atomic mass is 9.62. The number of carbonyl (C=O) groups excluding carboxylic acids is 2. The van der Waals surface area contributed by atoms with Gasteiger partial charge in [0.1, 0.15) is 22.7 Å². The number of aromatic carboxylic acids is 1. The first-order valence-corrected chi connectivity index (χ1v) is 23.3. The maximum absolute atomic E-state index is 12.8. The molecule has 12 heteroatoms. The van der Waals surface area contributed by atoms with Gasteiger partial charge in [0.05, 0.1) is 39.0 Å². The number of ether oxygens (including phenoxy) is 2. The second-order valence-corrected chi connectivity index (χ2v) is 20.0. The molecule has 0 bridgehead atoms. The Labute approximate surface area is 390 Å². The summed E-state index contributed by atoms with van der Waals surface area (Å²) in [6.07, 6.45) is 6.88. The third kappa shape index (κ3) is 8.93. The average Bonchev–Trinajstić information content (AvgIpc) is 3.28. The zero-order valence-electron chi connectivity index (χ0n) is 39.3. The Morgan fingerprint density at radius 2 is 1.16 bits per heavy atom. The van der Waals surface area contributed by atoms with Crippen LogP contribution in [0.1, 0.15) is 125 Å². The van der Waals surface area contributed by atoms with Gasteiger partial charge in [-0.15, -0.1) is 0 Å². The van der Waals surface area contributed by atoms with Crippen LogP contribution >= 0.6 is 0 Å². The molecule has 5 aliphatic rings. The zero-order chi connectivity index (χ0) is 48.1. The molecule has 0 unspecified atom stereocenters. The maximum Gasteiger partial charge on any atom is 0.335 e. The van der Waals surface area contributed by atoms with Crippen LogP contribution in [0.5, 0.6) is 5.75 Å². The minimum Gasteiger partial charge on any atom is -0.487 e. The van der Waals surface area contributed by atoms with Crippen molar-refractivity contribution in [2.24, 2.45) is 29.6 Å². The minimum absolute atomic E-state index is 0.141. The molecule has 6 atom stereocenters. The van der Waals surface area contributed by atoms with Crippen LogP contribution in [0.25, 0.3) is 38.6 Å². The molecule has 2 aliphatic heterocycles. The van der Waals surface area contributed by atoms with E-state index < -0.39 is 11.9 Å². The molecule has 12 nitrogen and oxygen atoms in total. The van der Waals surface area contributed by atoms with Crippen molar-refractivity contribution in [3.05, 3.63) is 119 Å².